The fraction of sp³-hybridized carbons (Fsp3) is 0.0625. The molecule has 0 unspecified atom stereocenters. The zero-order chi connectivity index (χ0) is 14.4. The summed E-state index contributed by atoms with van der Waals surface area (Å²) < 4.78 is 10.9. The van der Waals surface area contributed by atoms with Crippen LogP contribution in [0.4, 0.5) is 5.69 Å². The molecule has 1 N–H and O–H groups in total. The SMILES string of the molecule is C=CC(=O)Nc1ccc(Oc2ccccc2OC)cc1. The van der Waals surface area contributed by atoms with Crippen LogP contribution in [0.1, 0.15) is 0 Å². The van der Waals surface area contributed by atoms with Crippen molar-refractivity contribution in [3.05, 3.63) is 61.2 Å². The van der Waals surface area contributed by atoms with Crippen molar-refractivity contribution in [3.63, 3.8) is 0 Å². The highest BCUT2D eigenvalue weighted by atomic mass is 16.5. The maximum Gasteiger partial charge on any atom is 0.247 e. The minimum absolute atomic E-state index is 0.247. The van der Waals surface area contributed by atoms with E-state index in [0.717, 1.165) is 0 Å². The molecule has 0 saturated heterocycles. The molecule has 0 aromatic heterocycles. The summed E-state index contributed by atoms with van der Waals surface area (Å²) in [6.07, 6.45) is 1.22. The predicted octanol–water partition coefficient (Wildman–Crippen LogP) is 3.61. The van der Waals surface area contributed by atoms with Crippen molar-refractivity contribution in [1.82, 2.24) is 0 Å². The summed E-state index contributed by atoms with van der Waals surface area (Å²) in [6.45, 7) is 3.40. The van der Waals surface area contributed by atoms with Crippen LogP contribution < -0.4 is 14.8 Å². The van der Waals surface area contributed by atoms with Gasteiger partial charge in [0.25, 0.3) is 0 Å². The molecule has 0 fully saturated rings. The van der Waals surface area contributed by atoms with Crippen molar-refractivity contribution in [1.29, 1.82) is 0 Å². The van der Waals surface area contributed by atoms with Crippen LogP contribution in [0.3, 0.4) is 0 Å². The van der Waals surface area contributed by atoms with Crippen LogP contribution in [0.15, 0.2) is 61.2 Å². The molecule has 0 heterocycles. The van der Waals surface area contributed by atoms with Gasteiger partial charge in [0.15, 0.2) is 11.5 Å². The first-order valence-corrected chi connectivity index (χ1v) is 6.07. The number of ether oxygens (including phenoxy) is 2. The second-order valence-electron chi connectivity index (χ2n) is 3.97. The van der Waals surface area contributed by atoms with Crippen LogP contribution in [0.25, 0.3) is 0 Å². The Labute approximate surface area is 117 Å². The first kappa shape index (κ1) is 13.7. The van der Waals surface area contributed by atoms with Crippen molar-refractivity contribution in [2.75, 3.05) is 12.4 Å². The Morgan fingerprint density at radius 2 is 1.75 bits per heavy atom. The van der Waals surface area contributed by atoms with Gasteiger partial charge in [0, 0.05) is 5.69 Å². The van der Waals surface area contributed by atoms with Crippen LogP contribution in [0.2, 0.25) is 0 Å². The zero-order valence-corrected chi connectivity index (χ0v) is 11.1. The topological polar surface area (TPSA) is 47.6 Å². The monoisotopic (exact) mass is 269 g/mol. The first-order chi connectivity index (χ1) is 9.72. The molecule has 0 bridgehead atoms. The van der Waals surface area contributed by atoms with E-state index in [1.807, 2.05) is 24.3 Å². The fourth-order valence-corrected chi connectivity index (χ4v) is 1.63. The highest BCUT2D eigenvalue weighted by Crippen LogP contribution is 2.31. The lowest BCUT2D eigenvalue weighted by Crippen LogP contribution is -2.06. The number of benzene rings is 2. The fourth-order valence-electron chi connectivity index (χ4n) is 1.63. The van der Waals surface area contributed by atoms with Gasteiger partial charge in [-0.25, -0.2) is 0 Å². The van der Waals surface area contributed by atoms with Crippen molar-refractivity contribution in [3.8, 4) is 17.2 Å². The highest BCUT2D eigenvalue weighted by molar-refractivity contribution is 5.98. The molecule has 2 aromatic rings. The number of hydrogen-bond acceptors (Lipinski definition) is 3. The summed E-state index contributed by atoms with van der Waals surface area (Å²) in [5.41, 5.74) is 0.683. The molecule has 4 heteroatoms. The molecule has 0 spiro atoms. The zero-order valence-electron chi connectivity index (χ0n) is 11.1. The Morgan fingerprint density at radius 1 is 1.10 bits per heavy atom. The number of para-hydroxylation sites is 2. The molecule has 2 aromatic carbocycles. The Morgan fingerprint density at radius 3 is 2.35 bits per heavy atom. The molecule has 4 nitrogen and oxygen atoms in total. The molecule has 0 saturated carbocycles. The summed E-state index contributed by atoms with van der Waals surface area (Å²) in [5.74, 6) is 1.71. The first-order valence-electron chi connectivity index (χ1n) is 6.07. The van der Waals surface area contributed by atoms with Gasteiger partial charge < -0.3 is 14.8 Å². The van der Waals surface area contributed by atoms with Gasteiger partial charge in [-0.15, -0.1) is 0 Å². The van der Waals surface area contributed by atoms with E-state index < -0.39 is 0 Å². The third-order valence-corrected chi connectivity index (χ3v) is 2.60. The largest absolute Gasteiger partial charge is 0.493 e. The molecule has 0 atom stereocenters. The minimum atomic E-state index is -0.247. The number of nitrogens with one attached hydrogen (secondary N) is 1. The standard InChI is InChI=1S/C16H15NO3/c1-3-16(18)17-12-8-10-13(11-9-12)20-15-7-5-4-6-14(15)19-2/h3-11H,1H2,2H3,(H,17,18). The van der Waals surface area contributed by atoms with Gasteiger partial charge in [-0.05, 0) is 42.5 Å². The van der Waals surface area contributed by atoms with Crippen LogP contribution in [0.5, 0.6) is 17.2 Å². The quantitative estimate of drug-likeness (QED) is 0.843. The van der Waals surface area contributed by atoms with Crippen LogP contribution in [0, 0.1) is 0 Å². The Hall–Kier alpha value is -2.75. The molecule has 0 aliphatic rings. The third-order valence-electron chi connectivity index (χ3n) is 2.60. The van der Waals surface area contributed by atoms with Gasteiger partial charge in [-0.2, -0.15) is 0 Å². The number of anilines is 1. The van der Waals surface area contributed by atoms with Crippen LogP contribution in [-0.2, 0) is 4.79 Å². The van der Waals surface area contributed by atoms with Crippen molar-refractivity contribution < 1.29 is 14.3 Å². The molecule has 0 radical (unpaired) electrons. The van der Waals surface area contributed by atoms with Crippen molar-refractivity contribution >= 4 is 11.6 Å². The molecule has 1 amide bonds. The summed E-state index contributed by atoms with van der Waals surface area (Å²) in [6, 6.07) is 14.4. The molecule has 0 aliphatic carbocycles. The van der Waals surface area contributed by atoms with Crippen LogP contribution in [-0.4, -0.2) is 13.0 Å². The Bertz CT molecular complexity index is 605. The molecule has 20 heavy (non-hydrogen) atoms. The number of methoxy groups -OCH3 is 1. The highest BCUT2D eigenvalue weighted by Gasteiger charge is 2.04. The average molecular weight is 269 g/mol. The van der Waals surface area contributed by atoms with Crippen LogP contribution >= 0.6 is 0 Å². The number of hydrogen-bond donors (Lipinski definition) is 1. The van der Waals surface area contributed by atoms with Gasteiger partial charge in [-0.1, -0.05) is 18.7 Å². The van der Waals surface area contributed by atoms with Crippen molar-refractivity contribution in [2.24, 2.45) is 0 Å². The summed E-state index contributed by atoms with van der Waals surface area (Å²) >= 11 is 0. The Kier molecular flexibility index (Phi) is 4.39. The number of carbonyl (C=O) groups is 1. The second-order valence-corrected chi connectivity index (χ2v) is 3.97. The lowest BCUT2D eigenvalue weighted by molar-refractivity contribution is -0.111. The lowest BCUT2D eigenvalue weighted by atomic mass is 10.3. The summed E-state index contributed by atoms with van der Waals surface area (Å²) in [5, 5.41) is 2.67. The van der Waals surface area contributed by atoms with Gasteiger partial charge in [0.05, 0.1) is 7.11 Å². The number of carbonyl (C=O) groups excluding carboxylic acids is 1. The maximum absolute atomic E-state index is 11.2. The van der Waals surface area contributed by atoms with E-state index in [9.17, 15) is 4.79 Å². The van der Waals surface area contributed by atoms with E-state index in [1.54, 1.807) is 31.4 Å². The molecule has 102 valence electrons. The van der Waals surface area contributed by atoms with E-state index >= 15 is 0 Å². The third kappa shape index (κ3) is 3.38. The van der Waals surface area contributed by atoms with Gasteiger partial charge in [-0.3, -0.25) is 4.79 Å². The predicted molar refractivity (Wildman–Crippen MR) is 78.3 cm³/mol. The van der Waals surface area contributed by atoms with Gasteiger partial charge >= 0.3 is 0 Å². The Balaban J connectivity index is 2.10. The van der Waals surface area contributed by atoms with Gasteiger partial charge in [0.2, 0.25) is 5.91 Å². The van der Waals surface area contributed by atoms with Crippen molar-refractivity contribution in [2.45, 2.75) is 0 Å². The van der Waals surface area contributed by atoms with E-state index in [0.29, 0.717) is 22.9 Å². The second kappa shape index (κ2) is 6.43. The summed E-state index contributed by atoms with van der Waals surface area (Å²) in [7, 11) is 1.59. The minimum Gasteiger partial charge on any atom is -0.493 e. The molecular weight excluding hydrogens is 254 g/mol. The van der Waals surface area contributed by atoms with E-state index in [2.05, 4.69) is 11.9 Å². The van der Waals surface area contributed by atoms with E-state index in [1.165, 1.54) is 6.08 Å². The molecule has 2 rings (SSSR count). The van der Waals surface area contributed by atoms with E-state index in [4.69, 9.17) is 9.47 Å². The summed E-state index contributed by atoms with van der Waals surface area (Å²) in [4.78, 5) is 11.2. The number of rotatable bonds is 5. The smallest absolute Gasteiger partial charge is 0.247 e. The molecule has 0 aliphatic heterocycles. The average Bonchev–Trinajstić information content (AvgIpc) is 2.49. The molecular formula is C16H15NO3. The maximum atomic E-state index is 11.2. The number of amides is 1. The van der Waals surface area contributed by atoms with E-state index in [-0.39, 0.29) is 5.91 Å². The van der Waals surface area contributed by atoms with Gasteiger partial charge in [0.1, 0.15) is 5.75 Å². The normalized spacial score (nSPS) is 9.65. The lowest BCUT2D eigenvalue weighted by Gasteiger charge is -2.10.